The molecule has 5 rings (SSSR count). The molecule has 2 aliphatic rings. The number of imidazole rings is 1. The molecule has 0 aliphatic heterocycles. The molecule has 4 heteroatoms. The maximum Gasteiger partial charge on any atom is 0.176 e. The summed E-state index contributed by atoms with van der Waals surface area (Å²) in [6.45, 7) is 2.03. The second-order valence-electron chi connectivity index (χ2n) is 6.89. The second kappa shape index (κ2) is 5.20. The smallest absolute Gasteiger partial charge is 0.176 e. The Morgan fingerprint density at radius 2 is 2.17 bits per heavy atom. The monoisotopic (exact) mass is 316 g/mol. The minimum absolute atomic E-state index is 0.456. The van der Waals surface area contributed by atoms with E-state index >= 15 is 0 Å². The third-order valence-electron chi connectivity index (χ3n) is 5.26. The number of allylic oxidation sites excluding steroid dienone is 1. The standard InChI is InChI=1S/C20H20N4/c1-13-10-19(20-21-8-9-24(20)23-13)22-16-7-6-15-11-14-4-2-3-5-17(14)18(15)12-16/h2-5,8-10,16,22H,6-7,11-12H2,1H3. The van der Waals surface area contributed by atoms with Crippen LogP contribution in [-0.4, -0.2) is 20.6 Å². The number of nitrogens with one attached hydrogen (secondary N) is 1. The molecule has 3 aromatic rings. The van der Waals surface area contributed by atoms with Crippen LogP contribution >= 0.6 is 0 Å². The lowest BCUT2D eigenvalue weighted by Crippen LogP contribution is -2.23. The van der Waals surface area contributed by atoms with Crippen LogP contribution in [0.4, 0.5) is 5.69 Å². The average molecular weight is 316 g/mol. The summed E-state index contributed by atoms with van der Waals surface area (Å²) in [5.74, 6) is 0. The molecule has 1 atom stereocenters. The maximum atomic E-state index is 4.48. The van der Waals surface area contributed by atoms with Crippen molar-refractivity contribution in [2.75, 3.05) is 5.32 Å². The lowest BCUT2D eigenvalue weighted by atomic mass is 9.88. The van der Waals surface area contributed by atoms with Crippen LogP contribution in [0.15, 0.2) is 48.3 Å². The lowest BCUT2D eigenvalue weighted by molar-refractivity contribution is 0.634. The molecule has 2 heterocycles. The number of rotatable bonds is 2. The summed E-state index contributed by atoms with van der Waals surface area (Å²) >= 11 is 0. The zero-order valence-corrected chi connectivity index (χ0v) is 13.8. The Morgan fingerprint density at radius 3 is 3.12 bits per heavy atom. The zero-order chi connectivity index (χ0) is 16.1. The molecule has 0 radical (unpaired) electrons. The summed E-state index contributed by atoms with van der Waals surface area (Å²) in [4.78, 5) is 4.45. The first-order valence-corrected chi connectivity index (χ1v) is 8.64. The molecule has 0 saturated carbocycles. The Morgan fingerprint density at radius 1 is 1.25 bits per heavy atom. The molecule has 0 amide bonds. The van der Waals surface area contributed by atoms with E-state index in [1.165, 1.54) is 24.0 Å². The first kappa shape index (κ1) is 13.8. The molecule has 2 aromatic heterocycles. The van der Waals surface area contributed by atoms with E-state index in [9.17, 15) is 0 Å². The van der Waals surface area contributed by atoms with Gasteiger partial charge in [-0.3, -0.25) is 0 Å². The van der Waals surface area contributed by atoms with Gasteiger partial charge in [-0.1, -0.05) is 29.8 Å². The third kappa shape index (κ3) is 2.13. The summed E-state index contributed by atoms with van der Waals surface area (Å²) in [5.41, 5.74) is 9.19. The Hall–Kier alpha value is -2.62. The Balaban J connectivity index is 1.45. The number of nitrogens with zero attached hydrogens (tertiary/aromatic N) is 3. The van der Waals surface area contributed by atoms with Crippen LogP contribution in [0.3, 0.4) is 0 Å². The number of hydrogen-bond donors (Lipinski definition) is 1. The molecular formula is C20H20N4. The predicted octanol–water partition coefficient (Wildman–Crippen LogP) is 4.01. The van der Waals surface area contributed by atoms with Crippen LogP contribution < -0.4 is 5.32 Å². The molecule has 4 nitrogen and oxygen atoms in total. The van der Waals surface area contributed by atoms with Crippen molar-refractivity contribution in [2.24, 2.45) is 0 Å². The van der Waals surface area contributed by atoms with E-state index in [-0.39, 0.29) is 0 Å². The topological polar surface area (TPSA) is 42.2 Å². The van der Waals surface area contributed by atoms with Crippen molar-refractivity contribution in [3.63, 3.8) is 0 Å². The second-order valence-corrected chi connectivity index (χ2v) is 6.89. The van der Waals surface area contributed by atoms with E-state index in [0.717, 1.165) is 29.9 Å². The summed E-state index contributed by atoms with van der Waals surface area (Å²) in [6, 6.07) is 11.4. The van der Waals surface area contributed by atoms with Crippen molar-refractivity contribution in [3.05, 3.63) is 65.1 Å². The van der Waals surface area contributed by atoms with Gasteiger partial charge in [0.25, 0.3) is 0 Å². The van der Waals surface area contributed by atoms with E-state index in [1.54, 1.807) is 11.1 Å². The van der Waals surface area contributed by atoms with Crippen molar-refractivity contribution in [2.45, 2.75) is 38.6 Å². The van der Waals surface area contributed by atoms with Gasteiger partial charge in [-0.15, -0.1) is 0 Å². The maximum absolute atomic E-state index is 4.48. The van der Waals surface area contributed by atoms with Gasteiger partial charge in [0.1, 0.15) is 0 Å². The van der Waals surface area contributed by atoms with Crippen molar-refractivity contribution in [1.82, 2.24) is 14.6 Å². The van der Waals surface area contributed by atoms with E-state index < -0.39 is 0 Å². The third-order valence-corrected chi connectivity index (χ3v) is 5.26. The minimum atomic E-state index is 0.456. The van der Waals surface area contributed by atoms with Crippen LogP contribution in [0.25, 0.3) is 11.2 Å². The fourth-order valence-electron chi connectivity index (χ4n) is 4.18. The Kier molecular flexibility index (Phi) is 2.98. The zero-order valence-electron chi connectivity index (χ0n) is 13.8. The molecular weight excluding hydrogens is 296 g/mol. The molecule has 24 heavy (non-hydrogen) atoms. The van der Waals surface area contributed by atoms with Gasteiger partial charge in [0.2, 0.25) is 0 Å². The molecule has 1 unspecified atom stereocenters. The summed E-state index contributed by atoms with van der Waals surface area (Å²) < 4.78 is 1.86. The van der Waals surface area contributed by atoms with Gasteiger partial charge in [0.05, 0.1) is 11.4 Å². The first-order valence-electron chi connectivity index (χ1n) is 8.64. The molecule has 1 aromatic carbocycles. The first-order chi connectivity index (χ1) is 11.8. The fourth-order valence-corrected chi connectivity index (χ4v) is 4.18. The quantitative estimate of drug-likeness (QED) is 0.776. The Labute approximate surface area is 141 Å². The molecule has 2 aliphatic carbocycles. The van der Waals surface area contributed by atoms with Gasteiger partial charge in [0, 0.05) is 18.4 Å². The molecule has 0 saturated heterocycles. The normalized spacial score (nSPS) is 19.5. The molecule has 0 spiro atoms. The Bertz CT molecular complexity index is 967. The van der Waals surface area contributed by atoms with Gasteiger partial charge < -0.3 is 5.32 Å². The highest BCUT2D eigenvalue weighted by atomic mass is 15.3. The summed E-state index contributed by atoms with van der Waals surface area (Å²) in [5, 5.41) is 8.21. The highest BCUT2D eigenvalue weighted by molar-refractivity contribution is 5.78. The van der Waals surface area contributed by atoms with Crippen LogP contribution in [0, 0.1) is 6.92 Å². The minimum Gasteiger partial charge on any atom is -0.379 e. The van der Waals surface area contributed by atoms with Gasteiger partial charge in [0.15, 0.2) is 5.65 Å². The number of benzene rings is 1. The van der Waals surface area contributed by atoms with Crippen LogP contribution in [0.2, 0.25) is 0 Å². The number of aryl methyl sites for hydroxylation is 1. The van der Waals surface area contributed by atoms with Crippen molar-refractivity contribution in [3.8, 4) is 0 Å². The predicted molar refractivity (Wildman–Crippen MR) is 96.1 cm³/mol. The number of anilines is 1. The highest BCUT2D eigenvalue weighted by Gasteiger charge is 2.28. The molecule has 0 fully saturated rings. The van der Waals surface area contributed by atoms with E-state index in [1.807, 2.05) is 23.8 Å². The largest absolute Gasteiger partial charge is 0.379 e. The summed E-state index contributed by atoms with van der Waals surface area (Å²) in [7, 11) is 0. The van der Waals surface area contributed by atoms with Gasteiger partial charge in [-0.25, -0.2) is 9.50 Å². The van der Waals surface area contributed by atoms with Crippen molar-refractivity contribution >= 4 is 16.9 Å². The molecule has 120 valence electrons. The van der Waals surface area contributed by atoms with Crippen LogP contribution in [-0.2, 0) is 6.42 Å². The van der Waals surface area contributed by atoms with Crippen LogP contribution in [0.5, 0.6) is 0 Å². The SMILES string of the molecule is Cc1cc(NC2CCC3=C(C2)c2ccccc2C3)c2nccn2n1. The number of hydrogen-bond acceptors (Lipinski definition) is 3. The van der Waals surface area contributed by atoms with Crippen molar-refractivity contribution in [1.29, 1.82) is 0 Å². The van der Waals surface area contributed by atoms with Gasteiger partial charge in [-0.05, 0) is 55.4 Å². The van der Waals surface area contributed by atoms with E-state index in [2.05, 4.69) is 45.7 Å². The fraction of sp³-hybridized carbons (Fsp3) is 0.300. The average Bonchev–Trinajstić information content (AvgIpc) is 3.19. The highest BCUT2D eigenvalue weighted by Crippen LogP contribution is 2.42. The van der Waals surface area contributed by atoms with Crippen LogP contribution in [0.1, 0.15) is 36.1 Å². The molecule has 0 bridgehead atoms. The lowest BCUT2D eigenvalue weighted by Gasteiger charge is -2.26. The van der Waals surface area contributed by atoms with Gasteiger partial charge >= 0.3 is 0 Å². The number of aromatic nitrogens is 3. The molecule has 1 N–H and O–H groups in total. The van der Waals surface area contributed by atoms with E-state index in [0.29, 0.717) is 6.04 Å². The van der Waals surface area contributed by atoms with Gasteiger partial charge in [-0.2, -0.15) is 5.10 Å². The van der Waals surface area contributed by atoms with E-state index in [4.69, 9.17) is 0 Å². The van der Waals surface area contributed by atoms with Crippen molar-refractivity contribution < 1.29 is 0 Å². The summed E-state index contributed by atoms with van der Waals surface area (Å²) in [6.07, 6.45) is 8.33. The number of fused-ring (bicyclic) bond motifs is 3.